The lowest BCUT2D eigenvalue weighted by Gasteiger charge is -2.33. The van der Waals surface area contributed by atoms with Gasteiger partial charge in [-0.25, -0.2) is 9.78 Å². The maximum absolute atomic E-state index is 12.4. The molecule has 0 bridgehead atoms. The van der Waals surface area contributed by atoms with Crippen LogP contribution in [0.15, 0.2) is 35.4 Å². The molecule has 2 N–H and O–H groups in total. The highest BCUT2D eigenvalue weighted by Crippen LogP contribution is 2.29. The molecule has 1 fully saturated rings. The number of pyridine rings is 2. The van der Waals surface area contributed by atoms with Crippen LogP contribution in [-0.4, -0.2) is 87.7 Å². The van der Waals surface area contributed by atoms with Crippen molar-refractivity contribution < 1.29 is 28.8 Å². The Morgan fingerprint density at radius 3 is 2.77 bits per heavy atom. The Kier molecular flexibility index (Phi) is 8.37. The molecule has 5 rings (SSSR count). The average molecular weight is 541 g/mol. The minimum atomic E-state index is -0.626. The van der Waals surface area contributed by atoms with Gasteiger partial charge in [-0.2, -0.15) is 4.98 Å². The lowest BCUT2D eigenvalue weighted by Crippen LogP contribution is -2.46. The van der Waals surface area contributed by atoms with Gasteiger partial charge >= 0.3 is 6.09 Å². The molecule has 2 aliphatic heterocycles. The Balaban J connectivity index is 1.04. The van der Waals surface area contributed by atoms with Crippen LogP contribution in [-0.2, 0) is 17.9 Å². The summed E-state index contributed by atoms with van der Waals surface area (Å²) in [6, 6.07) is 5.14. The molecule has 3 aromatic heterocycles. The number of methoxy groups -OCH3 is 1. The second-order valence-electron chi connectivity index (χ2n) is 9.50. The fraction of sp³-hybridized carbons (Fsp3) is 0.500. The third-order valence-electron chi connectivity index (χ3n) is 6.78. The van der Waals surface area contributed by atoms with Gasteiger partial charge in [0, 0.05) is 44.4 Å². The molecule has 2 aliphatic rings. The maximum Gasteiger partial charge on any atom is 0.407 e. The molecule has 1 unspecified atom stereocenters. The number of β-amino-alcohol motifs (C(OH)–C–C–N with tert-alkyl or cyclic N) is 1. The zero-order chi connectivity index (χ0) is 27.2. The fourth-order valence-electron chi connectivity index (χ4n) is 4.70. The molecular formula is C26H32N6O7. The van der Waals surface area contributed by atoms with Gasteiger partial charge in [-0.1, -0.05) is 0 Å². The van der Waals surface area contributed by atoms with E-state index < -0.39 is 12.2 Å². The van der Waals surface area contributed by atoms with Gasteiger partial charge in [0.05, 0.1) is 31.3 Å². The normalized spacial score (nSPS) is 16.6. The first-order valence-electron chi connectivity index (χ1n) is 13.0. The number of hydrogen-bond acceptors (Lipinski definition) is 11. The van der Waals surface area contributed by atoms with Crippen molar-refractivity contribution in [3.63, 3.8) is 0 Å². The van der Waals surface area contributed by atoms with E-state index in [2.05, 4.69) is 25.2 Å². The summed E-state index contributed by atoms with van der Waals surface area (Å²) in [5.74, 6) is 1.58. The number of rotatable bonds is 9. The third-order valence-corrected chi connectivity index (χ3v) is 6.78. The minimum absolute atomic E-state index is 0.0121. The van der Waals surface area contributed by atoms with E-state index >= 15 is 0 Å². The molecular weight excluding hydrogens is 508 g/mol. The molecule has 39 heavy (non-hydrogen) atoms. The zero-order valence-corrected chi connectivity index (χ0v) is 21.7. The number of likely N-dealkylation sites (tertiary alicyclic amines) is 1. The van der Waals surface area contributed by atoms with Gasteiger partial charge in [-0.15, -0.1) is 0 Å². The van der Waals surface area contributed by atoms with Gasteiger partial charge in [-0.3, -0.25) is 14.3 Å². The largest absolute Gasteiger partial charge is 0.486 e. The second kappa shape index (κ2) is 12.3. The van der Waals surface area contributed by atoms with Crippen molar-refractivity contribution in [2.24, 2.45) is 0 Å². The SMILES string of the molecule is COc1ccc2ncc(=O)n(CCC(O)CN3CCC(NC(=O)OCc4cc5c(cn4)OCCO5)CC3)c2n1. The Bertz CT molecular complexity index is 1360. The Morgan fingerprint density at radius 2 is 1.97 bits per heavy atom. The van der Waals surface area contributed by atoms with Crippen LogP contribution >= 0.6 is 0 Å². The highest BCUT2D eigenvalue weighted by molar-refractivity contribution is 5.70. The number of aryl methyl sites for hydroxylation is 1. The van der Waals surface area contributed by atoms with E-state index in [4.69, 9.17) is 18.9 Å². The highest BCUT2D eigenvalue weighted by atomic mass is 16.6. The number of piperidine rings is 1. The lowest BCUT2D eigenvalue weighted by atomic mass is 10.0. The van der Waals surface area contributed by atoms with Crippen molar-refractivity contribution in [3.05, 3.63) is 46.6 Å². The number of carbonyl (C=O) groups excluding carboxylic acids is 1. The van der Waals surface area contributed by atoms with E-state index in [1.807, 2.05) is 0 Å². The molecule has 13 heteroatoms. The van der Waals surface area contributed by atoms with E-state index in [0.717, 1.165) is 25.9 Å². The molecule has 1 saturated heterocycles. The lowest BCUT2D eigenvalue weighted by molar-refractivity contribution is 0.0821. The molecule has 5 heterocycles. The van der Waals surface area contributed by atoms with Gasteiger partial charge in [0.2, 0.25) is 5.88 Å². The number of aliphatic hydroxyl groups is 1. The summed E-state index contributed by atoms with van der Waals surface area (Å²) in [5, 5.41) is 13.6. The molecule has 0 spiro atoms. The monoisotopic (exact) mass is 540 g/mol. The van der Waals surface area contributed by atoms with E-state index in [-0.39, 0.29) is 18.2 Å². The van der Waals surface area contributed by atoms with Crippen molar-refractivity contribution in [1.29, 1.82) is 0 Å². The first kappa shape index (κ1) is 26.6. The van der Waals surface area contributed by atoms with Crippen LogP contribution in [0.25, 0.3) is 11.2 Å². The third kappa shape index (κ3) is 6.73. The van der Waals surface area contributed by atoms with E-state index in [1.54, 1.807) is 24.4 Å². The summed E-state index contributed by atoms with van der Waals surface area (Å²) in [7, 11) is 1.51. The zero-order valence-electron chi connectivity index (χ0n) is 21.7. The summed E-state index contributed by atoms with van der Waals surface area (Å²) in [6.45, 7) is 3.23. The molecule has 1 atom stereocenters. The predicted molar refractivity (Wildman–Crippen MR) is 139 cm³/mol. The number of nitrogens with one attached hydrogen (secondary N) is 1. The number of hydrogen-bond donors (Lipinski definition) is 2. The highest BCUT2D eigenvalue weighted by Gasteiger charge is 2.23. The second-order valence-corrected chi connectivity index (χ2v) is 9.50. The molecule has 3 aromatic rings. The summed E-state index contributed by atoms with van der Waals surface area (Å²) in [6.07, 6.45) is 3.57. The number of fused-ring (bicyclic) bond motifs is 2. The summed E-state index contributed by atoms with van der Waals surface area (Å²) in [4.78, 5) is 39.6. The van der Waals surface area contributed by atoms with E-state index in [1.165, 1.54) is 17.9 Å². The fourth-order valence-corrected chi connectivity index (χ4v) is 4.70. The first-order chi connectivity index (χ1) is 19.0. The predicted octanol–water partition coefficient (Wildman–Crippen LogP) is 1.11. The Hall–Kier alpha value is -3.97. The van der Waals surface area contributed by atoms with E-state index in [0.29, 0.717) is 67.0 Å². The van der Waals surface area contributed by atoms with Crippen molar-refractivity contribution in [2.45, 2.75) is 44.6 Å². The van der Waals surface area contributed by atoms with Gasteiger partial charge in [0.15, 0.2) is 17.1 Å². The molecule has 13 nitrogen and oxygen atoms in total. The molecule has 1 amide bonds. The van der Waals surface area contributed by atoms with Crippen LogP contribution in [0, 0.1) is 0 Å². The van der Waals surface area contributed by atoms with Gasteiger partial charge in [-0.05, 0) is 25.3 Å². The minimum Gasteiger partial charge on any atom is -0.486 e. The summed E-state index contributed by atoms with van der Waals surface area (Å²) >= 11 is 0. The molecule has 0 aliphatic carbocycles. The van der Waals surface area contributed by atoms with Crippen molar-refractivity contribution in [1.82, 2.24) is 29.7 Å². The summed E-state index contributed by atoms with van der Waals surface area (Å²) in [5.41, 5.74) is 1.31. The smallest absolute Gasteiger partial charge is 0.407 e. The molecule has 208 valence electrons. The Morgan fingerprint density at radius 1 is 1.18 bits per heavy atom. The average Bonchev–Trinajstić information content (AvgIpc) is 2.96. The number of nitrogens with zero attached hydrogens (tertiary/aromatic N) is 5. The molecule has 0 saturated carbocycles. The number of carbonyl (C=O) groups is 1. The van der Waals surface area contributed by atoms with Crippen molar-refractivity contribution in [2.75, 3.05) is 40.0 Å². The van der Waals surface area contributed by atoms with E-state index in [9.17, 15) is 14.7 Å². The number of alkyl carbamates (subject to hydrolysis) is 1. The quantitative estimate of drug-likeness (QED) is 0.402. The van der Waals surface area contributed by atoms with Crippen LogP contribution in [0.4, 0.5) is 4.79 Å². The molecule has 0 radical (unpaired) electrons. The van der Waals surface area contributed by atoms with Crippen LogP contribution in [0.3, 0.4) is 0 Å². The van der Waals surface area contributed by atoms with Gasteiger partial charge in [0.25, 0.3) is 5.56 Å². The number of aliphatic hydroxyl groups excluding tert-OH is 1. The van der Waals surface area contributed by atoms with Crippen LogP contribution in [0.2, 0.25) is 0 Å². The van der Waals surface area contributed by atoms with Crippen molar-refractivity contribution >= 4 is 17.3 Å². The Labute approximate surface area is 224 Å². The van der Waals surface area contributed by atoms with Crippen LogP contribution in [0.5, 0.6) is 17.4 Å². The standard InChI is InChI=1S/C26H32N6O7/c1-36-23-3-2-20-25(30-23)32(24(34)14-28-20)9-6-19(33)15-31-7-4-17(5-8-31)29-26(35)39-16-18-12-21-22(13-27-18)38-11-10-37-21/h2-3,12-14,17,19,33H,4-11,15-16H2,1H3,(H,29,35). The first-order valence-corrected chi connectivity index (χ1v) is 13.0. The van der Waals surface area contributed by atoms with Crippen LogP contribution in [0.1, 0.15) is 25.0 Å². The summed E-state index contributed by atoms with van der Waals surface area (Å²) < 4.78 is 23.0. The van der Waals surface area contributed by atoms with Gasteiger partial charge in [0.1, 0.15) is 25.3 Å². The molecule has 0 aromatic carbocycles. The van der Waals surface area contributed by atoms with Crippen molar-refractivity contribution in [3.8, 4) is 17.4 Å². The van der Waals surface area contributed by atoms with Crippen LogP contribution < -0.4 is 25.1 Å². The number of aromatic nitrogens is 4. The maximum atomic E-state index is 12.4. The van der Waals surface area contributed by atoms with Gasteiger partial charge < -0.3 is 34.3 Å². The topological polar surface area (TPSA) is 150 Å². The number of amides is 1. The number of ether oxygens (including phenoxy) is 4.